The Labute approximate surface area is 158 Å². The average molecular weight is 419 g/mol. The summed E-state index contributed by atoms with van der Waals surface area (Å²) in [7, 11) is -4.51. The maximum absolute atomic E-state index is 13.1. The molecule has 2 rings (SSSR count). The molecule has 0 fully saturated rings. The van der Waals surface area contributed by atoms with Gasteiger partial charge in [-0.05, 0) is 18.2 Å². The van der Waals surface area contributed by atoms with Gasteiger partial charge in [-0.3, -0.25) is 19.2 Å². The van der Waals surface area contributed by atoms with E-state index >= 15 is 0 Å². The normalized spacial score (nSPS) is 11.2. The molecule has 2 aromatic rings. The zero-order valence-electron chi connectivity index (χ0n) is 13.0. The van der Waals surface area contributed by atoms with Crippen LogP contribution in [0.3, 0.4) is 0 Å². The number of nitro benzene ring substituents is 1. The van der Waals surface area contributed by atoms with Crippen LogP contribution in [0.4, 0.5) is 11.4 Å². The summed E-state index contributed by atoms with van der Waals surface area (Å²) in [5.41, 5.74) is -0.786. The molecular formula is C15H12Cl2N2O6S. The van der Waals surface area contributed by atoms with Gasteiger partial charge in [0.15, 0.2) is 4.90 Å². The zero-order valence-corrected chi connectivity index (χ0v) is 15.3. The Bertz CT molecular complexity index is 944. The molecule has 26 heavy (non-hydrogen) atoms. The highest BCUT2D eigenvalue weighted by molar-refractivity contribution is 7.93. The molecular weight excluding hydrogens is 407 g/mol. The van der Waals surface area contributed by atoms with Gasteiger partial charge in [0.2, 0.25) is 0 Å². The molecule has 0 unspecified atom stereocenters. The number of halogens is 2. The van der Waals surface area contributed by atoms with Gasteiger partial charge in [-0.2, -0.15) is 0 Å². The summed E-state index contributed by atoms with van der Waals surface area (Å²) < 4.78 is 26.8. The van der Waals surface area contributed by atoms with Gasteiger partial charge in [0, 0.05) is 12.6 Å². The first-order chi connectivity index (χ1) is 12.2. The number of anilines is 1. The largest absolute Gasteiger partial charge is 0.481 e. The van der Waals surface area contributed by atoms with Crippen LogP contribution in [0.2, 0.25) is 10.0 Å². The quantitative estimate of drug-likeness (QED) is 0.542. The Morgan fingerprint density at radius 2 is 1.69 bits per heavy atom. The molecule has 0 saturated heterocycles. The van der Waals surface area contributed by atoms with E-state index in [0.29, 0.717) is 4.31 Å². The fourth-order valence-corrected chi connectivity index (χ4v) is 4.59. The Kier molecular flexibility index (Phi) is 6.06. The van der Waals surface area contributed by atoms with E-state index < -0.39 is 44.5 Å². The number of sulfonamides is 1. The van der Waals surface area contributed by atoms with E-state index in [1.807, 2.05) is 0 Å². The van der Waals surface area contributed by atoms with Crippen molar-refractivity contribution in [2.24, 2.45) is 0 Å². The number of nitrogens with zero attached hydrogens (tertiary/aromatic N) is 2. The summed E-state index contributed by atoms with van der Waals surface area (Å²) in [4.78, 5) is 20.7. The first kappa shape index (κ1) is 20.0. The van der Waals surface area contributed by atoms with Crippen molar-refractivity contribution in [3.8, 4) is 0 Å². The summed E-state index contributed by atoms with van der Waals surface area (Å²) in [6, 6.07) is 8.99. The second kappa shape index (κ2) is 7.90. The van der Waals surface area contributed by atoms with Gasteiger partial charge in [-0.1, -0.05) is 41.4 Å². The van der Waals surface area contributed by atoms with Crippen LogP contribution in [-0.2, 0) is 14.8 Å². The number of hydrogen-bond acceptors (Lipinski definition) is 5. The lowest BCUT2D eigenvalue weighted by Gasteiger charge is -2.25. The van der Waals surface area contributed by atoms with E-state index in [1.165, 1.54) is 30.3 Å². The van der Waals surface area contributed by atoms with Crippen molar-refractivity contribution in [2.75, 3.05) is 10.8 Å². The smallest absolute Gasteiger partial charge is 0.305 e. The van der Waals surface area contributed by atoms with E-state index in [4.69, 9.17) is 28.3 Å². The number of aliphatic carboxylic acids is 1. The van der Waals surface area contributed by atoms with Crippen LogP contribution in [0.25, 0.3) is 0 Å². The van der Waals surface area contributed by atoms with Gasteiger partial charge in [0.25, 0.3) is 15.7 Å². The first-order valence-corrected chi connectivity index (χ1v) is 9.28. The summed E-state index contributed by atoms with van der Waals surface area (Å²) in [5.74, 6) is -1.25. The van der Waals surface area contributed by atoms with Gasteiger partial charge >= 0.3 is 5.97 Å². The van der Waals surface area contributed by atoms with Crippen molar-refractivity contribution in [3.05, 3.63) is 62.6 Å². The molecule has 0 radical (unpaired) electrons. The molecule has 8 nitrogen and oxygen atoms in total. The van der Waals surface area contributed by atoms with Crippen molar-refractivity contribution in [1.29, 1.82) is 0 Å². The summed E-state index contributed by atoms with van der Waals surface area (Å²) >= 11 is 12.1. The van der Waals surface area contributed by atoms with E-state index in [9.17, 15) is 23.3 Å². The Morgan fingerprint density at radius 3 is 2.23 bits per heavy atom. The number of carbonyl (C=O) groups is 1. The fraction of sp³-hybridized carbons (Fsp3) is 0.133. The van der Waals surface area contributed by atoms with Crippen LogP contribution in [-0.4, -0.2) is 31.0 Å². The Balaban J connectivity index is 2.69. The van der Waals surface area contributed by atoms with Crippen LogP contribution in [0.15, 0.2) is 47.4 Å². The molecule has 0 aromatic heterocycles. The van der Waals surface area contributed by atoms with Gasteiger partial charge in [0.05, 0.1) is 27.1 Å². The molecule has 0 bridgehead atoms. The molecule has 1 N–H and O–H groups in total. The van der Waals surface area contributed by atoms with Crippen LogP contribution in [0.5, 0.6) is 0 Å². The highest BCUT2D eigenvalue weighted by Crippen LogP contribution is 2.38. The molecule has 0 spiro atoms. The average Bonchev–Trinajstić information content (AvgIpc) is 2.57. The number of para-hydroxylation sites is 2. The van der Waals surface area contributed by atoms with Gasteiger partial charge in [0.1, 0.15) is 0 Å². The summed E-state index contributed by atoms with van der Waals surface area (Å²) in [5, 5.41) is 20.1. The third kappa shape index (κ3) is 4.06. The minimum absolute atomic E-state index is 0.0370. The molecule has 0 heterocycles. The number of hydrogen-bond donors (Lipinski definition) is 1. The lowest BCUT2D eigenvalue weighted by Crippen LogP contribution is -2.34. The van der Waals surface area contributed by atoms with Crippen molar-refractivity contribution >= 4 is 50.6 Å². The standard InChI is InChI=1S/C15H12Cl2N2O6S/c16-10-4-3-5-11(17)15(10)18(9-8-14(20)21)26(24,25)13-7-2-1-6-12(13)19(22)23/h1-7H,8-9H2,(H,20,21). The molecule has 138 valence electrons. The van der Waals surface area contributed by atoms with Crippen molar-refractivity contribution in [1.82, 2.24) is 0 Å². The summed E-state index contributed by atoms with van der Waals surface area (Å²) in [6.07, 6.45) is -0.554. The van der Waals surface area contributed by atoms with Crippen LogP contribution in [0, 0.1) is 10.1 Å². The third-order valence-corrected chi connectivity index (χ3v) is 5.80. The molecule has 11 heteroatoms. The third-order valence-electron chi connectivity index (χ3n) is 3.35. The molecule has 0 saturated carbocycles. The molecule has 0 amide bonds. The van der Waals surface area contributed by atoms with Gasteiger partial charge < -0.3 is 5.11 Å². The first-order valence-electron chi connectivity index (χ1n) is 7.08. The number of rotatable bonds is 7. The lowest BCUT2D eigenvalue weighted by atomic mass is 10.3. The SMILES string of the molecule is O=C(O)CCN(c1c(Cl)cccc1Cl)S(=O)(=O)c1ccccc1[N+](=O)[O-]. The van der Waals surface area contributed by atoms with E-state index in [2.05, 4.69) is 0 Å². The summed E-state index contributed by atoms with van der Waals surface area (Å²) in [6.45, 7) is -0.507. The maximum atomic E-state index is 13.1. The van der Waals surface area contributed by atoms with Gasteiger partial charge in [-0.15, -0.1) is 0 Å². The van der Waals surface area contributed by atoms with Gasteiger partial charge in [-0.25, -0.2) is 8.42 Å². The van der Waals surface area contributed by atoms with Crippen LogP contribution in [0.1, 0.15) is 6.42 Å². The second-order valence-electron chi connectivity index (χ2n) is 5.02. The number of carboxylic acid groups (broad SMARTS) is 1. The number of carboxylic acids is 1. The van der Waals surface area contributed by atoms with E-state index in [0.717, 1.165) is 12.1 Å². The van der Waals surface area contributed by atoms with Crippen molar-refractivity contribution in [3.63, 3.8) is 0 Å². The lowest BCUT2D eigenvalue weighted by molar-refractivity contribution is -0.387. The minimum atomic E-state index is -4.51. The highest BCUT2D eigenvalue weighted by atomic mass is 35.5. The molecule has 0 aliphatic heterocycles. The molecule has 0 aliphatic rings. The predicted octanol–water partition coefficient (Wildman–Crippen LogP) is 3.57. The Morgan fingerprint density at radius 1 is 1.12 bits per heavy atom. The molecule has 0 aliphatic carbocycles. The van der Waals surface area contributed by atoms with Crippen molar-refractivity contribution < 1.29 is 23.2 Å². The number of nitro groups is 1. The van der Waals surface area contributed by atoms with E-state index in [1.54, 1.807) is 0 Å². The maximum Gasteiger partial charge on any atom is 0.305 e. The van der Waals surface area contributed by atoms with Crippen LogP contribution < -0.4 is 4.31 Å². The second-order valence-corrected chi connectivity index (χ2v) is 7.66. The molecule has 0 atom stereocenters. The molecule has 2 aromatic carbocycles. The Hall–Kier alpha value is -2.36. The van der Waals surface area contributed by atoms with Crippen molar-refractivity contribution in [2.45, 2.75) is 11.3 Å². The van der Waals surface area contributed by atoms with E-state index in [-0.39, 0.29) is 15.7 Å². The number of benzene rings is 2. The topological polar surface area (TPSA) is 118 Å². The monoisotopic (exact) mass is 418 g/mol. The fourth-order valence-electron chi connectivity index (χ4n) is 2.22. The highest BCUT2D eigenvalue weighted by Gasteiger charge is 2.34. The minimum Gasteiger partial charge on any atom is -0.481 e. The zero-order chi connectivity index (χ0) is 19.5. The van der Waals surface area contributed by atoms with Crippen LogP contribution >= 0.6 is 23.2 Å². The predicted molar refractivity (Wildman–Crippen MR) is 96.3 cm³/mol.